The van der Waals surface area contributed by atoms with Crippen molar-refractivity contribution >= 4 is 5.69 Å². The molecule has 0 spiro atoms. The number of likely N-dealkylation sites (tertiary alicyclic amines) is 2. The summed E-state index contributed by atoms with van der Waals surface area (Å²) in [4.78, 5) is 8.01. The summed E-state index contributed by atoms with van der Waals surface area (Å²) in [6.07, 6.45) is 7.55. The molecule has 1 atom stereocenters. The third-order valence-electron chi connectivity index (χ3n) is 7.25. The number of ether oxygens (including phenoxy) is 1. The molecular formula is C23H37N3O2. The first-order valence-corrected chi connectivity index (χ1v) is 11.2. The van der Waals surface area contributed by atoms with Crippen LogP contribution in [0.25, 0.3) is 0 Å². The summed E-state index contributed by atoms with van der Waals surface area (Å²) in [5.74, 6) is 1.49. The highest BCUT2D eigenvalue weighted by molar-refractivity contribution is 5.51. The minimum atomic E-state index is 0.372. The Morgan fingerprint density at radius 3 is 2.43 bits per heavy atom. The summed E-state index contributed by atoms with van der Waals surface area (Å²) in [6.45, 7) is 7.52. The molecule has 0 amide bonds. The SMILES string of the molecule is COc1cccc(N2CCC(N3CCC[C@H](N4CCC(CO)CC4)C3)CC2)c1. The van der Waals surface area contributed by atoms with Gasteiger partial charge in [-0.05, 0) is 76.2 Å². The van der Waals surface area contributed by atoms with Crippen LogP contribution in [0.2, 0.25) is 0 Å². The monoisotopic (exact) mass is 387 g/mol. The molecule has 0 radical (unpaired) electrons. The third-order valence-corrected chi connectivity index (χ3v) is 7.25. The second-order valence-electron chi connectivity index (χ2n) is 8.87. The van der Waals surface area contributed by atoms with Gasteiger partial charge in [0.05, 0.1) is 7.11 Å². The highest BCUT2D eigenvalue weighted by Gasteiger charge is 2.32. The van der Waals surface area contributed by atoms with Crippen LogP contribution in [0.4, 0.5) is 5.69 Å². The molecule has 3 heterocycles. The number of methoxy groups -OCH3 is 1. The number of aliphatic hydroxyl groups is 1. The van der Waals surface area contributed by atoms with Crippen LogP contribution in [0.5, 0.6) is 5.75 Å². The van der Waals surface area contributed by atoms with Gasteiger partial charge in [-0.2, -0.15) is 0 Å². The molecule has 5 nitrogen and oxygen atoms in total. The Bertz CT molecular complexity index is 610. The molecule has 3 aliphatic heterocycles. The predicted molar refractivity (Wildman–Crippen MR) is 114 cm³/mol. The second-order valence-corrected chi connectivity index (χ2v) is 8.87. The fourth-order valence-electron chi connectivity index (χ4n) is 5.41. The molecule has 0 unspecified atom stereocenters. The Hall–Kier alpha value is -1.30. The summed E-state index contributed by atoms with van der Waals surface area (Å²) in [5.41, 5.74) is 1.29. The average molecular weight is 388 g/mol. The molecule has 0 aliphatic carbocycles. The molecule has 0 bridgehead atoms. The van der Waals surface area contributed by atoms with Crippen molar-refractivity contribution in [2.45, 2.75) is 50.6 Å². The van der Waals surface area contributed by atoms with E-state index < -0.39 is 0 Å². The van der Waals surface area contributed by atoms with Crippen LogP contribution in [-0.2, 0) is 0 Å². The zero-order valence-electron chi connectivity index (χ0n) is 17.4. The fourth-order valence-corrected chi connectivity index (χ4v) is 5.41. The van der Waals surface area contributed by atoms with Gasteiger partial charge in [-0.1, -0.05) is 6.07 Å². The van der Waals surface area contributed by atoms with Crippen molar-refractivity contribution in [1.82, 2.24) is 9.80 Å². The maximum atomic E-state index is 9.40. The average Bonchev–Trinajstić information content (AvgIpc) is 2.79. The van der Waals surface area contributed by atoms with E-state index >= 15 is 0 Å². The van der Waals surface area contributed by atoms with Crippen molar-refractivity contribution in [3.05, 3.63) is 24.3 Å². The summed E-state index contributed by atoms with van der Waals surface area (Å²) < 4.78 is 5.39. The van der Waals surface area contributed by atoms with Gasteiger partial charge >= 0.3 is 0 Å². The minimum absolute atomic E-state index is 0.372. The molecule has 5 heteroatoms. The van der Waals surface area contributed by atoms with Gasteiger partial charge in [0.25, 0.3) is 0 Å². The van der Waals surface area contributed by atoms with Crippen molar-refractivity contribution in [3.8, 4) is 5.75 Å². The molecule has 3 aliphatic rings. The smallest absolute Gasteiger partial charge is 0.120 e. The van der Waals surface area contributed by atoms with Crippen LogP contribution in [0, 0.1) is 5.92 Å². The van der Waals surface area contributed by atoms with E-state index in [0.717, 1.165) is 30.9 Å². The lowest BCUT2D eigenvalue weighted by Gasteiger charge is -2.46. The largest absolute Gasteiger partial charge is 0.497 e. The van der Waals surface area contributed by atoms with Gasteiger partial charge in [0, 0.05) is 50.1 Å². The molecule has 3 fully saturated rings. The summed E-state index contributed by atoms with van der Waals surface area (Å²) in [7, 11) is 1.74. The molecule has 156 valence electrons. The maximum absolute atomic E-state index is 9.40. The molecule has 28 heavy (non-hydrogen) atoms. The first-order chi connectivity index (χ1) is 13.8. The zero-order chi connectivity index (χ0) is 19.3. The Morgan fingerprint density at radius 1 is 0.929 bits per heavy atom. The van der Waals surface area contributed by atoms with Crippen LogP contribution in [0.1, 0.15) is 38.5 Å². The lowest BCUT2D eigenvalue weighted by Crippen LogP contribution is -2.54. The minimum Gasteiger partial charge on any atom is -0.497 e. The van der Waals surface area contributed by atoms with Gasteiger partial charge in [-0.25, -0.2) is 0 Å². The number of hydrogen-bond acceptors (Lipinski definition) is 5. The van der Waals surface area contributed by atoms with E-state index in [4.69, 9.17) is 4.74 Å². The van der Waals surface area contributed by atoms with Crippen molar-refractivity contribution in [2.24, 2.45) is 5.92 Å². The molecule has 0 aromatic heterocycles. The summed E-state index contributed by atoms with van der Waals surface area (Å²) >= 11 is 0. The Labute approximate surface area is 170 Å². The summed E-state index contributed by atoms with van der Waals surface area (Å²) in [6, 6.07) is 9.94. The van der Waals surface area contributed by atoms with E-state index in [-0.39, 0.29) is 0 Å². The van der Waals surface area contributed by atoms with Crippen molar-refractivity contribution < 1.29 is 9.84 Å². The quantitative estimate of drug-likeness (QED) is 0.841. The van der Waals surface area contributed by atoms with Gasteiger partial charge in [0.2, 0.25) is 0 Å². The molecule has 0 saturated carbocycles. The number of hydrogen-bond donors (Lipinski definition) is 1. The Kier molecular flexibility index (Phi) is 6.76. The second kappa shape index (κ2) is 9.47. The molecule has 1 aromatic carbocycles. The number of aliphatic hydroxyl groups excluding tert-OH is 1. The van der Waals surface area contributed by atoms with Gasteiger partial charge in [-0.3, -0.25) is 9.80 Å². The van der Waals surface area contributed by atoms with Crippen LogP contribution < -0.4 is 9.64 Å². The molecule has 4 rings (SSSR count). The van der Waals surface area contributed by atoms with Crippen molar-refractivity contribution in [1.29, 1.82) is 0 Å². The van der Waals surface area contributed by atoms with Crippen molar-refractivity contribution in [3.63, 3.8) is 0 Å². The van der Waals surface area contributed by atoms with E-state index in [1.807, 2.05) is 6.07 Å². The van der Waals surface area contributed by atoms with Crippen LogP contribution in [0.15, 0.2) is 24.3 Å². The third kappa shape index (κ3) is 4.64. The lowest BCUT2D eigenvalue weighted by atomic mass is 9.93. The van der Waals surface area contributed by atoms with E-state index in [1.54, 1.807) is 7.11 Å². The van der Waals surface area contributed by atoms with Crippen LogP contribution >= 0.6 is 0 Å². The Morgan fingerprint density at radius 2 is 1.71 bits per heavy atom. The van der Waals surface area contributed by atoms with Crippen LogP contribution in [0.3, 0.4) is 0 Å². The normalized spacial score (nSPS) is 26.5. The fraction of sp³-hybridized carbons (Fsp3) is 0.739. The van der Waals surface area contributed by atoms with Gasteiger partial charge in [-0.15, -0.1) is 0 Å². The molecule has 1 N–H and O–H groups in total. The van der Waals surface area contributed by atoms with E-state index in [1.165, 1.54) is 70.4 Å². The lowest BCUT2D eigenvalue weighted by molar-refractivity contribution is 0.0368. The summed E-state index contributed by atoms with van der Waals surface area (Å²) in [5, 5.41) is 9.40. The molecule has 1 aromatic rings. The predicted octanol–water partition coefficient (Wildman–Crippen LogP) is 2.83. The van der Waals surface area contributed by atoms with Crippen LogP contribution in [-0.4, -0.2) is 80.0 Å². The zero-order valence-corrected chi connectivity index (χ0v) is 17.4. The van der Waals surface area contributed by atoms with E-state index in [2.05, 4.69) is 32.9 Å². The number of benzene rings is 1. The Balaban J connectivity index is 1.28. The highest BCUT2D eigenvalue weighted by Crippen LogP contribution is 2.29. The van der Waals surface area contributed by atoms with E-state index in [0.29, 0.717) is 12.5 Å². The van der Waals surface area contributed by atoms with Gasteiger partial charge in [0.15, 0.2) is 0 Å². The molecule has 3 saturated heterocycles. The maximum Gasteiger partial charge on any atom is 0.120 e. The highest BCUT2D eigenvalue weighted by atomic mass is 16.5. The number of rotatable bonds is 5. The van der Waals surface area contributed by atoms with Gasteiger partial charge < -0.3 is 14.7 Å². The van der Waals surface area contributed by atoms with Gasteiger partial charge in [0.1, 0.15) is 5.75 Å². The van der Waals surface area contributed by atoms with Crippen molar-refractivity contribution in [2.75, 3.05) is 57.9 Å². The standard InChI is InChI=1S/C23H37N3O2/c1-28-23-6-2-4-21(16-23)24-14-9-20(10-15-24)26-11-3-5-22(17-26)25-12-7-19(18-27)8-13-25/h2,4,6,16,19-20,22,27H,3,5,7-15,17-18H2,1H3/t22-/m0/s1. The molecular weight excluding hydrogens is 350 g/mol. The number of piperidine rings is 3. The topological polar surface area (TPSA) is 39.2 Å². The number of nitrogens with zero attached hydrogens (tertiary/aromatic N) is 3. The first kappa shape index (κ1) is 20.0. The number of anilines is 1. The first-order valence-electron chi connectivity index (χ1n) is 11.2. The van der Waals surface area contributed by atoms with E-state index in [9.17, 15) is 5.11 Å².